The third kappa shape index (κ3) is 6.64. The van der Waals surface area contributed by atoms with E-state index in [0.29, 0.717) is 24.7 Å². The minimum atomic E-state index is -0.687. The lowest BCUT2D eigenvalue weighted by molar-refractivity contribution is -0.122. The van der Waals surface area contributed by atoms with Crippen LogP contribution in [0.4, 0.5) is 5.69 Å². The Labute approximate surface area is 212 Å². The molecule has 0 spiro atoms. The predicted molar refractivity (Wildman–Crippen MR) is 140 cm³/mol. The Morgan fingerprint density at radius 3 is 2.19 bits per heavy atom. The van der Waals surface area contributed by atoms with E-state index in [4.69, 9.17) is 9.47 Å². The Hall–Kier alpha value is -3.84. The number of para-hydroxylation sites is 1. The molecule has 3 aromatic rings. The number of carbonyl (C=O) groups is 2. The van der Waals surface area contributed by atoms with E-state index in [1.807, 2.05) is 78.9 Å². The third-order valence-electron chi connectivity index (χ3n) is 6.02. The second kappa shape index (κ2) is 12.2. The SMILES string of the molecule is CC(C)C(NC(=O)CNC(C(=O)Nc1ccccc1)c1ccccc1)c1ccc2c(c1)OCCCO2. The fourth-order valence-corrected chi connectivity index (χ4v) is 4.17. The van der Waals surface area contributed by atoms with E-state index in [-0.39, 0.29) is 30.3 Å². The van der Waals surface area contributed by atoms with E-state index >= 15 is 0 Å². The lowest BCUT2D eigenvalue weighted by Gasteiger charge is -2.25. The molecule has 0 saturated heterocycles. The minimum Gasteiger partial charge on any atom is -0.490 e. The van der Waals surface area contributed by atoms with Gasteiger partial charge >= 0.3 is 0 Å². The number of amides is 2. The zero-order valence-electron chi connectivity index (χ0n) is 20.7. The highest BCUT2D eigenvalue weighted by atomic mass is 16.5. The van der Waals surface area contributed by atoms with Gasteiger partial charge in [-0.3, -0.25) is 14.9 Å². The molecule has 2 atom stereocenters. The molecule has 0 fully saturated rings. The van der Waals surface area contributed by atoms with E-state index in [1.54, 1.807) is 0 Å². The Bertz CT molecular complexity index is 1150. The van der Waals surface area contributed by atoms with Gasteiger partial charge in [-0.25, -0.2) is 0 Å². The van der Waals surface area contributed by atoms with E-state index in [9.17, 15) is 9.59 Å². The van der Waals surface area contributed by atoms with Crippen LogP contribution >= 0.6 is 0 Å². The first-order valence-electron chi connectivity index (χ1n) is 12.3. The summed E-state index contributed by atoms with van der Waals surface area (Å²) in [7, 11) is 0. The third-order valence-corrected chi connectivity index (χ3v) is 6.02. The fourth-order valence-electron chi connectivity index (χ4n) is 4.17. The van der Waals surface area contributed by atoms with Crippen molar-refractivity contribution >= 4 is 17.5 Å². The van der Waals surface area contributed by atoms with Crippen molar-refractivity contribution in [2.45, 2.75) is 32.4 Å². The van der Waals surface area contributed by atoms with Gasteiger partial charge in [0.1, 0.15) is 6.04 Å². The maximum absolute atomic E-state index is 13.1. The summed E-state index contributed by atoms with van der Waals surface area (Å²) in [4.78, 5) is 26.1. The van der Waals surface area contributed by atoms with Crippen LogP contribution in [0.2, 0.25) is 0 Å². The van der Waals surface area contributed by atoms with Gasteiger partial charge in [-0.1, -0.05) is 68.4 Å². The van der Waals surface area contributed by atoms with E-state index in [0.717, 1.165) is 23.3 Å². The summed E-state index contributed by atoms with van der Waals surface area (Å²) >= 11 is 0. The van der Waals surface area contributed by atoms with Crippen molar-refractivity contribution in [1.82, 2.24) is 10.6 Å². The zero-order chi connectivity index (χ0) is 25.3. The normalized spacial score (nSPS) is 14.4. The molecule has 0 aliphatic carbocycles. The molecule has 188 valence electrons. The van der Waals surface area contributed by atoms with Gasteiger partial charge in [-0.05, 0) is 41.3 Å². The summed E-state index contributed by atoms with van der Waals surface area (Å²) in [6.45, 7) is 5.33. The second-order valence-corrected chi connectivity index (χ2v) is 9.13. The second-order valence-electron chi connectivity index (χ2n) is 9.13. The number of anilines is 1. The molecule has 1 heterocycles. The summed E-state index contributed by atoms with van der Waals surface area (Å²) in [5.74, 6) is 1.13. The van der Waals surface area contributed by atoms with Gasteiger partial charge in [0.15, 0.2) is 11.5 Å². The number of hydrogen-bond acceptors (Lipinski definition) is 5. The van der Waals surface area contributed by atoms with Crippen molar-refractivity contribution in [1.29, 1.82) is 0 Å². The molecule has 0 aromatic heterocycles. The molecular weight excluding hydrogens is 454 g/mol. The molecule has 0 radical (unpaired) electrons. The van der Waals surface area contributed by atoms with E-state index < -0.39 is 6.04 Å². The molecule has 3 N–H and O–H groups in total. The lowest BCUT2D eigenvalue weighted by atomic mass is 9.95. The monoisotopic (exact) mass is 487 g/mol. The first-order valence-corrected chi connectivity index (χ1v) is 12.3. The number of fused-ring (bicyclic) bond motifs is 1. The van der Waals surface area contributed by atoms with E-state index in [1.165, 1.54) is 0 Å². The van der Waals surface area contributed by atoms with Gasteiger partial charge in [-0.2, -0.15) is 0 Å². The number of ether oxygens (including phenoxy) is 2. The van der Waals surface area contributed by atoms with Gasteiger partial charge in [-0.15, -0.1) is 0 Å². The van der Waals surface area contributed by atoms with Gasteiger partial charge < -0.3 is 20.1 Å². The topological polar surface area (TPSA) is 88.7 Å². The van der Waals surface area contributed by atoms with E-state index in [2.05, 4.69) is 29.8 Å². The Balaban J connectivity index is 1.44. The van der Waals surface area contributed by atoms with Crippen molar-refractivity contribution < 1.29 is 19.1 Å². The molecule has 0 bridgehead atoms. The van der Waals surface area contributed by atoms with Gasteiger partial charge in [0.25, 0.3) is 0 Å². The fraction of sp³-hybridized carbons (Fsp3) is 0.310. The quantitative estimate of drug-likeness (QED) is 0.410. The molecule has 1 aliphatic heterocycles. The Kier molecular flexibility index (Phi) is 8.57. The van der Waals surface area contributed by atoms with Crippen molar-refractivity contribution in [2.24, 2.45) is 5.92 Å². The first-order chi connectivity index (χ1) is 17.5. The van der Waals surface area contributed by atoms with Crippen molar-refractivity contribution in [3.63, 3.8) is 0 Å². The van der Waals surface area contributed by atoms with Crippen LogP contribution in [0.15, 0.2) is 78.9 Å². The molecule has 3 aromatic carbocycles. The molecule has 7 nitrogen and oxygen atoms in total. The summed E-state index contributed by atoms with van der Waals surface area (Å²) in [5, 5.41) is 9.19. The number of benzene rings is 3. The molecule has 2 amide bonds. The standard InChI is InChI=1S/C29H33N3O4/c1-20(2)27(22-14-15-24-25(18-22)36-17-9-16-35-24)32-26(33)19-30-28(21-10-5-3-6-11-21)29(34)31-23-12-7-4-8-13-23/h3-8,10-15,18,20,27-28,30H,9,16-17,19H2,1-2H3,(H,31,34)(H,32,33). The Morgan fingerprint density at radius 2 is 1.50 bits per heavy atom. The number of rotatable bonds is 9. The van der Waals surface area contributed by atoms with Crippen LogP contribution in [0.3, 0.4) is 0 Å². The molecule has 1 aliphatic rings. The van der Waals surface area contributed by atoms with Crippen molar-refractivity contribution in [3.05, 3.63) is 90.0 Å². The van der Waals surface area contributed by atoms with Crippen LogP contribution in [0, 0.1) is 5.92 Å². The smallest absolute Gasteiger partial charge is 0.246 e. The van der Waals surface area contributed by atoms with Crippen LogP contribution < -0.4 is 25.4 Å². The summed E-state index contributed by atoms with van der Waals surface area (Å²) in [5.41, 5.74) is 2.43. The van der Waals surface area contributed by atoms with Gasteiger partial charge in [0, 0.05) is 12.1 Å². The van der Waals surface area contributed by atoms with Gasteiger partial charge in [0.2, 0.25) is 11.8 Å². The first kappa shape index (κ1) is 25.3. The van der Waals surface area contributed by atoms with Crippen LogP contribution in [-0.4, -0.2) is 31.6 Å². The maximum Gasteiger partial charge on any atom is 0.246 e. The zero-order valence-corrected chi connectivity index (χ0v) is 20.7. The molecular formula is C29H33N3O4. The number of carbonyl (C=O) groups excluding carboxylic acids is 2. The van der Waals surface area contributed by atoms with Crippen LogP contribution in [-0.2, 0) is 9.59 Å². The highest BCUT2D eigenvalue weighted by molar-refractivity contribution is 5.96. The summed E-state index contributed by atoms with van der Waals surface area (Å²) < 4.78 is 11.6. The predicted octanol–water partition coefficient (Wildman–Crippen LogP) is 4.63. The van der Waals surface area contributed by atoms with Gasteiger partial charge in [0.05, 0.1) is 25.8 Å². The maximum atomic E-state index is 13.1. The average Bonchev–Trinajstić information content (AvgIpc) is 3.13. The van der Waals surface area contributed by atoms with Crippen LogP contribution in [0.25, 0.3) is 0 Å². The molecule has 36 heavy (non-hydrogen) atoms. The van der Waals surface area contributed by atoms with Crippen LogP contribution in [0.5, 0.6) is 11.5 Å². The van der Waals surface area contributed by atoms with Crippen molar-refractivity contribution in [3.8, 4) is 11.5 Å². The summed E-state index contributed by atoms with van der Waals surface area (Å²) in [6.07, 6.45) is 0.834. The highest BCUT2D eigenvalue weighted by Crippen LogP contribution is 2.34. The molecule has 4 rings (SSSR count). The summed E-state index contributed by atoms with van der Waals surface area (Å²) in [6, 6.07) is 23.6. The van der Waals surface area contributed by atoms with Crippen molar-refractivity contribution in [2.75, 3.05) is 25.1 Å². The molecule has 0 saturated carbocycles. The number of hydrogen-bond donors (Lipinski definition) is 3. The van der Waals surface area contributed by atoms with Crippen LogP contribution in [0.1, 0.15) is 43.5 Å². The Morgan fingerprint density at radius 1 is 0.833 bits per heavy atom. The molecule has 2 unspecified atom stereocenters. The molecule has 7 heteroatoms. The largest absolute Gasteiger partial charge is 0.490 e. The minimum absolute atomic E-state index is 0.0183. The average molecular weight is 488 g/mol. The number of nitrogens with one attached hydrogen (secondary N) is 3. The lowest BCUT2D eigenvalue weighted by Crippen LogP contribution is -2.42. The highest BCUT2D eigenvalue weighted by Gasteiger charge is 2.24.